The summed E-state index contributed by atoms with van der Waals surface area (Å²) in [4.78, 5) is 25.4. The summed E-state index contributed by atoms with van der Waals surface area (Å²) in [6, 6.07) is 15.8. The molecule has 3 aromatic rings. The van der Waals surface area contributed by atoms with Crippen LogP contribution in [0.4, 0.5) is 11.4 Å². The zero-order valence-electron chi connectivity index (χ0n) is 17.3. The number of aliphatic hydroxyl groups is 1. The van der Waals surface area contributed by atoms with E-state index in [0.29, 0.717) is 10.6 Å². The molecule has 1 N–H and O–H groups in total. The molecule has 0 radical (unpaired) electrons. The maximum Gasteiger partial charge on any atom is 0.269 e. The van der Waals surface area contributed by atoms with Crippen LogP contribution in [0.5, 0.6) is 0 Å². The van der Waals surface area contributed by atoms with Gasteiger partial charge in [0.05, 0.1) is 9.83 Å². The van der Waals surface area contributed by atoms with E-state index >= 15 is 0 Å². The predicted octanol–water partition coefficient (Wildman–Crippen LogP) is 4.71. The Morgan fingerprint density at radius 3 is 2.45 bits per heavy atom. The fraction of sp³-hybridized carbons (Fsp3) is 0.174. The highest BCUT2D eigenvalue weighted by Gasteiger charge is 2.36. The molecule has 1 unspecified atom stereocenters. The number of carbonyl (C=O) groups excluding carboxylic acids is 1. The first-order chi connectivity index (χ1) is 14.8. The van der Waals surface area contributed by atoms with E-state index in [0.717, 1.165) is 40.0 Å². The molecule has 1 amide bonds. The number of rotatable bonds is 4. The van der Waals surface area contributed by atoms with Crippen molar-refractivity contribution in [1.82, 2.24) is 4.57 Å². The van der Waals surface area contributed by atoms with Crippen LogP contribution in [0.2, 0.25) is 0 Å². The Morgan fingerprint density at radius 2 is 1.81 bits per heavy atom. The van der Waals surface area contributed by atoms with Crippen molar-refractivity contribution in [3.63, 3.8) is 0 Å². The number of anilines is 1. The van der Waals surface area contributed by atoms with E-state index in [1.807, 2.05) is 49.6 Å². The largest absolute Gasteiger partial charge is 0.364 e. The average molecular weight is 436 g/mol. The lowest BCUT2D eigenvalue weighted by molar-refractivity contribution is -0.384. The number of aromatic nitrogens is 1. The van der Waals surface area contributed by atoms with E-state index in [1.165, 1.54) is 11.0 Å². The third-order valence-electron chi connectivity index (χ3n) is 5.31. The number of nitro groups is 1. The van der Waals surface area contributed by atoms with Crippen molar-refractivity contribution in [3.05, 3.63) is 92.1 Å². The van der Waals surface area contributed by atoms with Gasteiger partial charge in [-0.2, -0.15) is 0 Å². The number of aryl methyl sites for hydroxylation is 2. The van der Waals surface area contributed by atoms with Gasteiger partial charge in [0.1, 0.15) is 0 Å². The standard InChI is InChI=1S/C23H21N3O4S/c1-14-11-19(26(29)30)9-10-20(14)24-15(2)12-17(16(24)3)13-21-22(27)25(23(28)31-21)18-7-5-4-6-8-18/h4-13,23,28H,1-3H3/b21-13+. The molecule has 4 rings (SSSR count). The molecule has 1 aliphatic heterocycles. The Kier molecular flexibility index (Phi) is 5.43. The van der Waals surface area contributed by atoms with E-state index in [1.54, 1.807) is 30.3 Å². The molecule has 0 aliphatic carbocycles. The summed E-state index contributed by atoms with van der Waals surface area (Å²) >= 11 is 1.11. The summed E-state index contributed by atoms with van der Waals surface area (Å²) in [5.74, 6) is -0.250. The van der Waals surface area contributed by atoms with E-state index in [-0.39, 0.29) is 11.6 Å². The highest BCUT2D eigenvalue weighted by atomic mass is 32.2. The zero-order valence-corrected chi connectivity index (χ0v) is 18.1. The second-order valence-electron chi connectivity index (χ2n) is 7.35. The Balaban J connectivity index is 1.71. The molecule has 1 saturated heterocycles. The molecule has 1 atom stereocenters. The molecule has 1 aromatic heterocycles. The number of nitrogens with zero attached hydrogens (tertiary/aromatic N) is 3. The van der Waals surface area contributed by atoms with Gasteiger partial charge >= 0.3 is 0 Å². The van der Waals surface area contributed by atoms with Crippen LogP contribution in [-0.2, 0) is 4.79 Å². The number of hydrogen-bond acceptors (Lipinski definition) is 5. The number of aliphatic hydroxyl groups excluding tert-OH is 1. The number of hydrogen-bond donors (Lipinski definition) is 1. The third kappa shape index (κ3) is 3.75. The van der Waals surface area contributed by atoms with Gasteiger partial charge in [-0.1, -0.05) is 30.0 Å². The van der Waals surface area contributed by atoms with Gasteiger partial charge in [0.15, 0.2) is 5.56 Å². The summed E-state index contributed by atoms with van der Waals surface area (Å²) in [7, 11) is 0. The van der Waals surface area contributed by atoms with Gasteiger partial charge in [0.25, 0.3) is 11.6 Å². The number of amides is 1. The smallest absolute Gasteiger partial charge is 0.269 e. The van der Waals surface area contributed by atoms with Crippen molar-refractivity contribution < 1.29 is 14.8 Å². The molecule has 8 heteroatoms. The van der Waals surface area contributed by atoms with Crippen LogP contribution in [0.1, 0.15) is 22.5 Å². The summed E-state index contributed by atoms with van der Waals surface area (Å²) in [6.45, 7) is 5.73. The third-order valence-corrected chi connectivity index (χ3v) is 6.27. The first kappa shape index (κ1) is 20.9. The van der Waals surface area contributed by atoms with E-state index in [4.69, 9.17) is 0 Å². The molecule has 31 heavy (non-hydrogen) atoms. The van der Waals surface area contributed by atoms with Crippen molar-refractivity contribution in [2.75, 3.05) is 4.90 Å². The summed E-state index contributed by atoms with van der Waals surface area (Å²) in [5, 5.41) is 21.5. The Labute approximate surface area is 183 Å². The van der Waals surface area contributed by atoms with Crippen LogP contribution in [0.25, 0.3) is 11.8 Å². The fourth-order valence-electron chi connectivity index (χ4n) is 3.81. The van der Waals surface area contributed by atoms with Crippen LogP contribution in [0, 0.1) is 30.9 Å². The Morgan fingerprint density at radius 1 is 1.10 bits per heavy atom. The number of non-ortho nitro benzene ring substituents is 1. The highest BCUT2D eigenvalue weighted by Crippen LogP contribution is 2.38. The SMILES string of the molecule is Cc1cc([N+](=O)[O-])ccc1-n1c(C)cc(/C=C2/SC(O)N(c3ccccc3)C2=O)c1C. The van der Waals surface area contributed by atoms with Crippen molar-refractivity contribution in [1.29, 1.82) is 0 Å². The van der Waals surface area contributed by atoms with Crippen LogP contribution >= 0.6 is 11.8 Å². The molecule has 158 valence electrons. The molecule has 7 nitrogen and oxygen atoms in total. The van der Waals surface area contributed by atoms with Gasteiger partial charge in [-0.05, 0) is 62.2 Å². The van der Waals surface area contributed by atoms with Crippen LogP contribution < -0.4 is 4.90 Å². The van der Waals surface area contributed by atoms with Gasteiger partial charge in [-0.3, -0.25) is 19.8 Å². The summed E-state index contributed by atoms with van der Waals surface area (Å²) in [5.41, 5.74) is 4.04. The number of nitro benzene ring substituents is 1. The van der Waals surface area contributed by atoms with Gasteiger partial charge < -0.3 is 9.67 Å². The van der Waals surface area contributed by atoms with Crippen molar-refractivity contribution in [2.45, 2.75) is 26.3 Å². The minimum Gasteiger partial charge on any atom is -0.364 e. The minimum atomic E-state index is -0.985. The Bertz CT molecular complexity index is 1220. The van der Waals surface area contributed by atoms with E-state index in [9.17, 15) is 20.0 Å². The molecule has 1 aliphatic rings. The van der Waals surface area contributed by atoms with Crippen LogP contribution in [0.15, 0.2) is 59.5 Å². The number of carbonyl (C=O) groups is 1. The van der Waals surface area contributed by atoms with E-state index in [2.05, 4.69) is 0 Å². The highest BCUT2D eigenvalue weighted by molar-refractivity contribution is 8.05. The molecular formula is C23H21N3O4S. The molecule has 2 heterocycles. The summed E-state index contributed by atoms with van der Waals surface area (Å²) in [6.07, 6.45) is 1.79. The first-order valence-corrected chi connectivity index (χ1v) is 10.6. The average Bonchev–Trinajstić information content (AvgIpc) is 3.17. The lowest BCUT2D eigenvalue weighted by Crippen LogP contribution is -2.31. The lowest BCUT2D eigenvalue weighted by Gasteiger charge is -2.18. The second-order valence-corrected chi connectivity index (χ2v) is 8.45. The lowest BCUT2D eigenvalue weighted by atomic mass is 10.1. The van der Waals surface area contributed by atoms with Gasteiger partial charge in [0, 0.05) is 34.9 Å². The monoisotopic (exact) mass is 435 g/mol. The molecule has 0 bridgehead atoms. The van der Waals surface area contributed by atoms with E-state index < -0.39 is 10.5 Å². The zero-order chi connectivity index (χ0) is 22.3. The van der Waals surface area contributed by atoms with Gasteiger partial charge in [-0.25, -0.2) is 0 Å². The number of para-hydroxylation sites is 1. The molecule has 0 spiro atoms. The van der Waals surface area contributed by atoms with Crippen LogP contribution in [-0.4, -0.2) is 26.1 Å². The maximum atomic E-state index is 13.0. The minimum absolute atomic E-state index is 0.0500. The van der Waals surface area contributed by atoms with Crippen molar-refractivity contribution in [2.24, 2.45) is 0 Å². The molecule has 2 aromatic carbocycles. The number of thioether (sulfide) groups is 1. The maximum absolute atomic E-state index is 13.0. The molecule has 0 saturated carbocycles. The molecular weight excluding hydrogens is 414 g/mol. The first-order valence-electron chi connectivity index (χ1n) is 9.67. The summed E-state index contributed by atoms with van der Waals surface area (Å²) < 4.78 is 2.01. The number of benzene rings is 2. The van der Waals surface area contributed by atoms with Crippen molar-refractivity contribution >= 4 is 35.1 Å². The Hall–Kier alpha value is -3.36. The second kappa shape index (κ2) is 8.05. The molecule has 1 fully saturated rings. The normalized spacial score (nSPS) is 17.5. The van der Waals surface area contributed by atoms with Gasteiger partial charge in [-0.15, -0.1) is 0 Å². The fourth-order valence-corrected chi connectivity index (χ4v) is 4.76. The topological polar surface area (TPSA) is 88.6 Å². The predicted molar refractivity (Wildman–Crippen MR) is 122 cm³/mol. The van der Waals surface area contributed by atoms with Crippen molar-refractivity contribution in [3.8, 4) is 5.69 Å². The van der Waals surface area contributed by atoms with Gasteiger partial charge in [0.2, 0.25) is 0 Å². The van der Waals surface area contributed by atoms with Crippen LogP contribution in [0.3, 0.4) is 0 Å². The quantitative estimate of drug-likeness (QED) is 0.364.